The molecule has 21 heavy (non-hydrogen) atoms. The quantitative estimate of drug-likeness (QED) is 0.683. The first kappa shape index (κ1) is 16.1. The number of esters is 1. The van der Waals surface area contributed by atoms with E-state index in [0.29, 0.717) is 10.0 Å². The molecule has 1 aliphatic rings. The fraction of sp³-hybridized carbons (Fsp3) is 0.467. The molecule has 1 amide bonds. The van der Waals surface area contributed by atoms with Crippen LogP contribution in [0.25, 0.3) is 0 Å². The molecule has 0 radical (unpaired) electrons. The van der Waals surface area contributed by atoms with Gasteiger partial charge in [0.05, 0.1) is 12.6 Å². The first-order chi connectivity index (χ1) is 9.72. The summed E-state index contributed by atoms with van der Waals surface area (Å²) in [6.07, 6.45) is 0. The van der Waals surface area contributed by atoms with Gasteiger partial charge in [0.25, 0.3) is 0 Å². The zero-order valence-corrected chi connectivity index (χ0v) is 13.6. The van der Waals surface area contributed by atoms with E-state index in [1.54, 1.807) is 25.1 Å². The second-order valence-electron chi connectivity index (χ2n) is 5.93. The number of halogens is 2. The maximum absolute atomic E-state index is 12.4. The highest BCUT2D eigenvalue weighted by molar-refractivity contribution is 6.35. The molecule has 0 spiro atoms. The summed E-state index contributed by atoms with van der Waals surface area (Å²) in [5, 5.41) is 3.82. The molecular formula is C15H17Cl2NO3. The minimum atomic E-state index is -0.800. The molecule has 2 rings (SSSR count). The average Bonchev–Trinajstić information content (AvgIpc) is 2.62. The Balaban J connectivity index is 2.14. The van der Waals surface area contributed by atoms with Gasteiger partial charge >= 0.3 is 5.97 Å². The van der Waals surface area contributed by atoms with E-state index in [4.69, 9.17) is 27.9 Å². The fourth-order valence-electron chi connectivity index (χ4n) is 2.43. The summed E-state index contributed by atoms with van der Waals surface area (Å²) in [5.41, 5.74) is 0.239. The van der Waals surface area contributed by atoms with Crippen molar-refractivity contribution in [3.8, 4) is 0 Å². The van der Waals surface area contributed by atoms with Crippen LogP contribution in [-0.2, 0) is 14.3 Å². The Hall–Kier alpha value is -1.26. The number of nitrogens with one attached hydrogen (secondary N) is 1. The molecule has 1 fully saturated rings. The van der Waals surface area contributed by atoms with Gasteiger partial charge in [0.2, 0.25) is 5.91 Å². The Morgan fingerprint density at radius 1 is 1.43 bits per heavy atom. The van der Waals surface area contributed by atoms with E-state index in [1.807, 2.05) is 13.8 Å². The molecule has 114 valence electrons. The third-order valence-electron chi connectivity index (χ3n) is 3.65. The van der Waals surface area contributed by atoms with Crippen LogP contribution in [0.2, 0.25) is 10.0 Å². The molecule has 0 saturated carbocycles. The second-order valence-corrected chi connectivity index (χ2v) is 6.77. The summed E-state index contributed by atoms with van der Waals surface area (Å²) in [5.74, 6) is -1.63. The van der Waals surface area contributed by atoms with Gasteiger partial charge in [-0.15, -0.1) is 0 Å². The number of benzene rings is 1. The molecule has 2 unspecified atom stereocenters. The predicted octanol–water partition coefficient (Wildman–Crippen LogP) is 3.37. The Morgan fingerprint density at radius 3 is 2.62 bits per heavy atom. The van der Waals surface area contributed by atoms with Crippen LogP contribution in [-0.4, -0.2) is 18.5 Å². The zero-order chi connectivity index (χ0) is 15.8. The monoisotopic (exact) mass is 329 g/mol. The van der Waals surface area contributed by atoms with Gasteiger partial charge in [0.1, 0.15) is 5.92 Å². The summed E-state index contributed by atoms with van der Waals surface area (Å²) in [6.45, 7) is 5.73. The first-order valence-corrected chi connectivity index (χ1v) is 7.40. The molecule has 0 bridgehead atoms. The lowest BCUT2D eigenvalue weighted by atomic mass is 9.81. The predicted molar refractivity (Wildman–Crippen MR) is 81.2 cm³/mol. The summed E-state index contributed by atoms with van der Waals surface area (Å²) in [6, 6.07) is 4.76. The Labute approximate surface area is 133 Å². The van der Waals surface area contributed by atoms with Gasteiger partial charge in [0.15, 0.2) is 0 Å². The molecule has 1 aliphatic heterocycles. The van der Waals surface area contributed by atoms with Crippen LogP contribution < -0.4 is 5.32 Å². The minimum Gasteiger partial charge on any atom is -0.464 e. The number of carbonyl (C=O) groups is 2. The summed E-state index contributed by atoms with van der Waals surface area (Å²) in [4.78, 5) is 24.1. The maximum atomic E-state index is 12.4. The van der Waals surface area contributed by atoms with Crippen molar-refractivity contribution in [1.82, 2.24) is 5.32 Å². The van der Waals surface area contributed by atoms with E-state index in [1.165, 1.54) is 0 Å². The van der Waals surface area contributed by atoms with Crippen molar-refractivity contribution in [1.29, 1.82) is 0 Å². The van der Waals surface area contributed by atoms with E-state index in [0.717, 1.165) is 5.56 Å². The van der Waals surface area contributed by atoms with Crippen LogP contribution in [0.5, 0.6) is 0 Å². The smallest absolute Gasteiger partial charge is 0.319 e. The van der Waals surface area contributed by atoms with E-state index in [-0.39, 0.29) is 18.6 Å². The SMILES string of the molecule is CC(NC(=O)C1C(=O)OCC1(C)C)c1ccc(Cl)cc1Cl. The molecule has 0 aromatic heterocycles. The lowest BCUT2D eigenvalue weighted by Crippen LogP contribution is -2.41. The molecule has 1 heterocycles. The van der Waals surface area contributed by atoms with Gasteiger partial charge in [-0.3, -0.25) is 9.59 Å². The highest BCUT2D eigenvalue weighted by Crippen LogP contribution is 2.35. The van der Waals surface area contributed by atoms with Gasteiger partial charge in [-0.05, 0) is 24.6 Å². The molecule has 1 aromatic rings. The normalized spacial score (nSPS) is 21.8. The van der Waals surface area contributed by atoms with Crippen molar-refractivity contribution in [2.45, 2.75) is 26.8 Å². The van der Waals surface area contributed by atoms with Gasteiger partial charge in [-0.25, -0.2) is 0 Å². The Kier molecular flexibility index (Phi) is 4.49. The number of ether oxygens (including phenoxy) is 1. The molecule has 1 aromatic carbocycles. The van der Waals surface area contributed by atoms with Crippen LogP contribution in [0.15, 0.2) is 18.2 Å². The highest BCUT2D eigenvalue weighted by atomic mass is 35.5. The standard InChI is InChI=1S/C15H17Cl2NO3/c1-8(10-5-4-9(16)6-11(10)17)18-13(19)12-14(20)21-7-15(12,2)3/h4-6,8,12H,7H2,1-3H3,(H,18,19). The molecule has 1 saturated heterocycles. The molecular weight excluding hydrogens is 313 g/mol. The third-order valence-corrected chi connectivity index (χ3v) is 4.22. The van der Waals surface area contributed by atoms with E-state index in [9.17, 15) is 9.59 Å². The number of hydrogen-bond donors (Lipinski definition) is 1. The summed E-state index contributed by atoms with van der Waals surface area (Å²) < 4.78 is 4.99. The average molecular weight is 330 g/mol. The van der Waals surface area contributed by atoms with Gasteiger partial charge < -0.3 is 10.1 Å². The van der Waals surface area contributed by atoms with Gasteiger partial charge in [0, 0.05) is 15.5 Å². The zero-order valence-electron chi connectivity index (χ0n) is 12.1. The van der Waals surface area contributed by atoms with Crippen LogP contribution >= 0.6 is 23.2 Å². The van der Waals surface area contributed by atoms with Gasteiger partial charge in [-0.2, -0.15) is 0 Å². The molecule has 6 heteroatoms. The van der Waals surface area contributed by atoms with E-state index in [2.05, 4.69) is 5.32 Å². The highest BCUT2D eigenvalue weighted by Gasteiger charge is 2.48. The van der Waals surface area contributed by atoms with E-state index >= 15 is 0 Å². The number of rotatable bonds is 3. The van der Waals surface area contributed by atoms with Crippen molar-refractivity contribution in [3.05, 3.63) is 33.8 Å². The lowest BCUT2D eigenvalue weighted by molar-refractivity contribution is -0.145. The van der Waals surface area contributed by atoms with Gasteiger partial charge in [-0.1, -0.05) is 43.1 Å². The van der Waals surface area contributed by atoms with Crippen LogP contribution in [0.3, 0.4) is 0 Å². The summed E-state index contributed by atoms with van der Waals surface area (Å²) >= 11 is 12.0. The van der Waals surface area contributed by atoms with Crippen LogP contribution in [0.4, 0.5) is 0 Å². The van der Waals surface area contributed by atoms with Crippen molar-refractivity contribution >= 4 is 35.1 Å². The number of amides is 1. The fourth-order valence-corrected chi connectivity index (χ4v) is 3.00. The Bertz CT molecular complexity index is 586. The molecule has 0 aliphatic carbocycles. The third kappa shape index (κ3) is 3.33. The largest absolute Gasteiger partial charge is 0.464 e. The molecule has 1 N–H and O–H groups in total. The Morgan fingerprint density at radius 2 is 2.10 bits per heavy atom. The second kappa shape index (κ2) is 5.85. The molecule has 4 nitrogen and oxygen atoms in total. The number of carbonyl (C=O) groups excluding carboxylic acids is 2. The summed E-state index contributed by atoms with van der Waals surface area (Å²) in [7, 11) is 0. The van der Waals surface area contributed by atoms with Crippen molar-refractivity contribution in [2.24, 2.45) is 11.3 Å². The lowest BCUT2D eigenvalue weighted by Gasteiger charge is -2.23. The molecule has 2 atom stereocenters. The van der Waals surface area contributed by atoms with Crippen LogP contribution in [0, 0.1) is 11.3 Å². The number of hydrogen-bond acceptors (Lipinski definition) is 3. The number of cyclic esters (lactones) is 1. The van der Waals surface area contributed by atoms with Crippen molar-refractivity contribution in [3.63, 3.8) is 0 Å². The first-order valence-electron chi connectivity index (χ1n) is 6.64. The topological polar surface area (TPSA) is 55.4 Å². The van der Waals surface area contributed by atoms with Crippen molar-refractivity contribution < 1.29 is 14.3 Å². The van der Waals surface area contributed by atoms with E-state index < -0.39 is 17.3 Å². The maximum Gasteiger partial charge on any atom is 0.319 e. The minimum absolute atomic E-state index is 0.250. The van der Waals surface area contributed by atoms with Crippen molar-refractivity contribution in [2.75, 3.05) is 6.61 Å². The van der Waals surface area contributed by atoms with Crippen LogP contribution in [0.1, 0.15) is 32.4 Å².